The molecule has 0 aliphatic carbocycles. The number of rotatable bonds is 6. The molecule has 0 amide bonds. The zero-order valence-corrected chi connectivity index (χ0v) is 15.6. The van der Waals surface area contributed by atoms with E-state index in [9.17, 15) is 19.5 Å². The van der Waals surface area contributed by atoms with E-state index < -0.39 is 17.9 Å². The summed E-state index contributed by atoms with van der Waals surface area (Å²) in [5.74, 6) is -0.950. The van der Waals surface area contributed by atoms with Crippen LogP contribution in [0.5, 0.6) is 23.0 Å². The molecule has 0 radical (unpaired) electrons. The van der Waals surface area contributed by atoms with E-state index in [1.54, 1.807) is 0 Å². The van der Waals surface area contributed by atoms with E-state index in [0.717, 1.165) is 6.08 Å². The molecule has 3 rings (SSSR count). The maximum absolute atomic E-state index is 12.2. The predicted molar refractivity (Wildman–Crippen MR) is 107 cm³/mol. The van der Waals surface area contributed by atoms with E-state index in [2.05, 4.69) is 6.58 Å². The molecule has 0 bridgehead atoms. The van der Waals surface area contributed by atoms with Crippen molar-refractivity contribution in [2.75, 3.05) is 0 Å². The molecule has 0 unspecified atom stereocenters. The maximum Gasteiger partial charge on any atom is 0.343 e. The van der Waals surface area contributed by atoms with E-state index in [0.29, 0.717) is 0 Å². The van der Waals surface area contributed by atoms with Gasteiger partial charge < -0.3 is 19.3 Å². The number of hydrogen-bond donors (Lipinski definition) is 1. The lowest BCUT2D eigenvalue weighted by Gasteiger charge is -2.07. The summed E-state index contributed by atoms with van der Waals surface area (Å²) < 4.78 is 15.4. The van der Waals surface area contributed by atoms with Crippen LogP contribution in [0.15, 0.2) is 85.5 Å². The maximum atomic E-state index is 12.2. The zero-order valence-electron chi connectivity index (χ0n) is 15.6. The van der Waals surface area contributed by atoms with Crippen LogP contribution in [0.3, 0.4) is 0 Å². The van der Waals surface area contributed by atoms with Crippen molar-refractivity contribution in [3.8, 4) is 23.0 Å². The average Bonchev–Trinajstić information content (AvgIpc) is 2.76. The van der Waals surface area contributed by atoms with Crippen LogP contribution in [0.25, 0.3) is 0 Å². The van der Waals surface area contributed by atoms with E-state index in [-0.39, 0.29) is 34.1 Å². The summed E-state index contributed by atoms with van der Waals surface area (Å²) in [5, 5.41) is 9.25. The first-order chi connectivity index (χ1) is 14.4. The molecule has 0 fully saturated rings. The van der Waals surface area contributed by atoms with Gasteiger partial charge in [0.1, 0.15) is 23.0 Å². The average molecular weight is 404 g/mol. The molecular weight excluding hydrogens is 388 g/mol. The molecule has 0 saturated heterocycles. The number of carbonyl (C=O) groups excluding carboxylic acids is 3. The van der Waals surface area contributed by atoms with E-state index >= 15 is 0 Å². The van der Waals surface area contributed by atoms with Crippen molar-refractivity contribution in [3.05, 3.63) is 96.6 Å². The lowest BCUT2D eigenvalue weighted by atomic mass is 10.2. The summed E-state index contributed by atoms with van der Waals surface area (Å²) in [6.45, 7) is 3.30. The number of ether oxygens (including phenoxy) is 3. The fourth-order valence-electron chi connectivity index (χ4n) is 2.32. The van der Waals surface area contributed by atoms with Gasteiger partial charge in [-0.1, -0.05) is 6.58 Å². The molecule has 0 heterocycles. The summed E-state index contributed by atoms with van der Waals surface area (Å²) in [6.07, 6.45) is 1.03. The van der Waals surface area contributed by atoms with E-state index in [4.69, 9.17) is 14.2 Å². The normalized spacial score (nSPS) is 10.0. The minimum absolute atomic E-state index is 0.0633. The Morgan fingerprint density at radius 1 is 0.633 bits per heavy atom. The fraction of sp³-hybridized carbons (Fsp3) is 0. The molecule has 0 aromatic heterocycles. The lowest BCUT2D eigenvalue weighted by molar-refractivity contribution is -0.128. The Hall–Kier alpha value is -4.39. The molecule has 7 heteroatoms. The van der Waals surface area contributed by atoms with Crippen LogP contribution in [0.4, 0.5) is 0 Å². The molecule has 3 aromatic rings. The Bertz CT molecular complexity index is 1070. The SMILES string of the molecule is C=CC(=O)Oc1ccc(C(=O)Oc2ccc(C(=O)Oc3ccc(O)cc3)cc2)cc1. The number of aromatic hydroxyl groups is 1. The van der Waals surface area contributed by atoms with Gasteiger partial charge in [-0.05, 0) is 72.8 Å². The minimum atomic E-state index is -0.615. The third kappa shape index (κ3) is 5.32. The van der Waals surface area contributed by atoms with Crippen LogP contribution in [-0.4, -0.2) is 23.0 Å². The van der Waals surface area contributed by atoms with Gasteiger partial charge in [-0.25, -0.2) is 14.4 Å². The molecule has 3 aromatic carbocycles. The molecule has 0 aliphatic heterocycles. The zero-order chi connectivity index (χ0) is 21.5. The second-order valence-corrected chi connectivity index (χ2v) is 5.95. The number of phenols is 1. The lowest BCUT2D eigenvalue weighted by Crippen LogP contribution is -2.10. The number of esters is 3. The second-order valence-electron chi connectivity index (χ2n) is 5.95. The molecule has 7 nitrogen and oxygen atoms in total. The van der Waals surface area contributed by atoms with Gasteiger partial charge in [0.15, 0.2) is 0 Å². The van der Waals surface area contributed by atoms with Crippen LogP contribution < -0.4 is 14.2 Å². The first kappa shape index (κ1) is 20.3. The first-order valence-electron chi connectivity index (χ1n) is 8.72. The van der Waals surface area contributed by atoms with Crippen LogP contribution in [-0.2, 0) is 4.79 Å². The number of phenolic OH excluding ortho intramolecular Hbond substituents is 1. The summed E-state index contributed by atoms with van der Waals surface area (Å²) >= 11 is 0. The Morgan fingerprint density at radius 3 is 1.40 bits per heavy atom. The molecule has 0 saturated carbocycles. The molecule has 30 heavy (non-hydrogen) atoms. The van der Waals surface area contributed by atoms with Crippen molar-refractivity contribution in [1.29, 1.82) is 0 Å². The third-order valence-electron chi connectivity index (χ3n) is 3.82. The number of benzene rings is 3. The van der Waals surface area contributed by atoms with Gasteiger partial charge in [0.2, 0.25) is 0 Å². The van der Waals surface area contributed by atoms with Gasteiger partial charge >= 0.3 is 17.9 Å². The monoisotopic (exact) mass is 404 g/mol. The first-order valence-corrected chi connectivity index (χ1v) is 8.72. The summed E-state index contributed by atoms with van der Waals surface area (Å²) in [5.41, 5.74) is 0.514. The van der Waals surface area contributed by atoms with Crippen molar-refractivity contribution >= 4 is 17.9 Å². The van der Waals surface area contributed by atoms with Crippen molar-refractivity contribution in [1.82, 2.24) is 0 Å². The van der Waals surface area contributed by atoms with Crippen LogP contribution in [0, 0.1) is 0 Å². The van der Waals surface area contributed by atoms with Crippen LogP contribution in [0.2, 0.25) is 0 Å². The number of hydrogen-bond acceptors (Lipinski definition) is 7. The highest BCUT2D eigenvalue weighted by Gasteiger charge is 2.12. The fourth-order valence-corrected chi connectivity index (χ4v) is 2.32. The van der Waals surface area contributed by atoms with Gasteiger partial charge in [-0.3, -0.25) is 0 Å². The van der Waals surface area contributed by atoms with E-state index in [1.807, 2.05) is 0 Å². The van der Waals surface area contributed by atoms with Gasteiger partial charge in [0.05, 0.1) is 11.1 Å². The summed E-state index contributed by atoms with van der Waals surface area (Å²) in [6, 6.07) is 17.4. The Labute approximate surface area is 171 Å². The molecule has 1 N–H and O–H groups in total. The summed E-state index contributed by atoms with van der Waals surface area (Å²) in [7, 11) is 0. The van der Waals surface area contributed by atoms with Crippen molar-refractivity contribution < 1.29 is 33.7 Å². The second kappa shape index (κ2) is 9.20. The topological polar surface area (TPSA) is 99.1 Å². The highest BCUT2D eigenvalue weighted by atomic mass is 16.5. The Balaban J connectivity index is 1.60. The van der Waals surface area contributed by atoms with Gasteiger partial charge in [0.25, 0.3) is 0 Å². The largest absolute Gasteiger partial charge is 0.508 e. The highest BCUT2D eigenvalue weighted by Crippen LogP contribution is 2.20. The Morgan fingerprint density at radius 2 is 1.00 bits per heavy atom. The van der Waals surface area contributed by atoms with E-state index in [1.165, 1.54) is 72.8 Å². The third-order valence-corrected chi connectivity index (χ3v) is 3.82. The van der Waals surface area contributed by atoms with Crippen molar-refractivity contribution in [3.63, 3.8) is 0 Å². The van der Waals surface area contributed by atoms with Crippen molar-refractivity contribution in [2.24, 2.45) is 0 Å². The summed E-state index contributed by atoms with van der Waals surface area (Å²) in [4.78, 5) is 35.5. The molecule has 0 spiro atoms. The van der Waals surface area contributed by atoms with Gasteiger partial charge in [-0.2, -0.15) is 0 Å². The molecular formula is C23H16O7. The molecule has 0 atom stereocenters. The van der Waals surface area contributed by atoms with Crippen molar-refractivity contribution in [2.45, 2.75) is 0 Å². The van der Waals surface area contributed by atoms with Gasteiger partial charge in [0, 0.05) is 6.08 Å². The predicted octanol–water partition coefficient (Wildman–Crippen LogP) is 3.92. The van der Waals surface area contributed by atoms with Crippen LogP contribution in [0.1, 0.15) is 20.7 Å². The molecule has 150 valence electrons. The smallest absolute Gasteiger partial charge is 0.343 e. The highest BCUT2D eigenvalue weighted by molar-refractivity contribution is 5.93. The Kier molecular flexibility index (Phi) is 6.24. The number of carbonyl (C=O) groups is 3. The van der Waals surface area contributed by atoms with Gasteiger partial charge in [-0.15, -0.1) is 0 Å². The standard InChI is InChI=1S/C23H16O7/c1-2-21(25)28-18-9-3-15(4-10-18)22(26)29-19-11-5-16(6-12-19)23(27)30-20-13-7-17(24)8-14-20/h2-14,24H,1H2. The van der Waals surface area contributed by atoms with Crippen LogP contribution >= 0.6 is 0 Å². The quantitative estimate of drug-likeness (QED) is 0.378. The minimum Gasteiger partial charge on any atom is -0.508 e. The molecule has 0 aliphatic rings.